The maximum atomic E-state index is 2.52. The van der Waals surface area contributed by atoms with Gasteiger partial charge in [0, 0.05) is 0 Å². The van der Waals surface area contributed by atoms with Gasteiger partial charge < -0.3 is 24.8 Å². The van der Waals surface area contributed by atoms with Crippen LogP contribution in [0, 0.1) is 0 Å². The smallest absolute Gasteiger partial charge is 1.00 e. The number of benzene rings is 4. The van der Waals surface area contributed by atoms with E-state index in [1.807, 2.05) is 0 Å². The molecule has 0 fully saturated rings. The van der Waals surface area contributed by atoms with Crippen molar-refractivity contribution in [2.75, 3.05) is 0 Å². The third-order valence-corrected chi connectivity index (χ3v) is 12.3. The molecule has 2 aliphatic carbocycles. The molecule has 0 aliphatic heterocycles. The first-order chi connectivity index (χ1) is 14.7. The zero-order valence-electron chi connectivity index (χ0n) is 18.1. The SMILES string of the molecule is C[C](C)=[Ti+2]([CH]1C=Cc2c1ccc1ccccc21)[CH]1C=Cc2c1ccc1ccccc21.[Cl-].[Cl-]. The fourth-order valence-electron chi connectivity index (χ4n) is 5.49. The Bertz CT molecular complexity index is 1320. The molecule has 2 unspecified atom stereocenters. The Balaban J connectivity index is 0.00000122. The average molecular weight is 491 g/mol. The fourth-order valence-corrected chi connectivity index (χ4v) is 10.8. The second-order valence-electron chi connectivity index (χ2n) is 8.71. The molecular formula is C29H24Cl2Ti. The van der Waals surface area contributed by atoms with Crippen molar-refractivity contribution in [3.05, 3.63) is 107 Å². The van der Waals surface area contributed by atoms with Crippen molar-refractivity contribution in [3.8, 4) is 0 Å². The molecule has 32 heavy (non-hydrogen) atoms. The molecule has 0 saturated heterocycles. The first-order valence-electron chi connectivity index (χ1n) is 10.8. The number of halogens is 2. The molecule has 158 valence electrons. The summed E-state index contributed by atoms with van der Waals surface area (Å²) in [4.78, 5) is 0. The molecule has 0 nitrogen and oxygen atoms in total. The summed E-state index contributed by atoms with van der Waals surface area (Å²) in [5.74, 6) is 0. The van der Waals surface area contributed by atoms with Crippen LogP contribution in [0.1, 0.15) is 44.5 Å². The summed E-state index contributed by atoms with van der Waals surface area (Å²) >= 11 is -1.66. The Morgan fingerprint density at radius 2 is 1.03 bits per heavy atom. The van der Waals surface area contributed by atoms with Gasteiger partial charge in [-0.05, 0) is 0 Å². The molecule has 2 aliphatic rings. The van der Waals surface area contributed by atoms with Crippen LogP contribution in [0.4, 0.5) is 0 Å². The first kappa shape index (κ1) is 23.2. The van der Waals surface area contributed by atoms with E-state index in [1.165, 1.54) is 32.7 Å². The van der Waals surface area contributed by atoms with Gasteiger partial charge in [0.15, 0.2) is 0 Å². The first-order valence-corrected chi connectivity index (χ1v) is 13.4. The van der Waals surface area contributed by atoms with E-state index in [0.717, 1.165) is 0 Å². The maximum Gasteiger partial charge on any atom is -1.00 e. The topological polar surface area (TPSA) is 0 Å². The molecule has 0 amide bonds. The Hall–Kier alpha value is -1.96. The molecule has 4 aromatic rings. The normalized spacial score (nSPS) is 17.3. The van der Waals surface area contributed by atoms with E-state index in [-0.39, 0.29) is 24.8 Å². The number of hydrogen-bond donors (Lipinski definition) is 0. The number of fused-ring (bicyclic) bond motifs is 6. The van der Waals surface area contributed by atoms with Gasteiger partial charge in [-0.1, -0.05) is 0 Å². The summed E-state index contributed by atoms with van der Waals surface area (Å²) in [6.07, 6.45) is 9.84. The van der Waals surface area contributed by atoms with Crippen molar-refractivity contribution in [1.29, 1.82) is 0 Å². The zero-order chi connectivity index (χ0) is 20.2. The molecule has 6 rings (SSSR count). The standard InChI is InChI=1S/2C13H9.C3H6.2ClH.Ti/c2*1-2-6-12-10(4-1)8-9-11-5-3-7-13(11)12;1-3-2;;;/h2*1-9H;1-2H3;2*1H;/q;;;;;+2/p-2. The van der Waals surface area contributed by atoms with E-state index in [9.17, 15) is 0 Å². The van der Waals surface area contributed by atoms with Crippen molar-refractivity contribution in [3.63, 3.8) is 0 Å². The number of rotatable bonds is 2. The van der Waals surface area contributed by atoms with Crippen LogP contribution in [0.3, 0.4) is 0 Å². The summed E-state index contributed by atoms with van der Waals surface area (Å²) in [6, 6.07) is 27.1. The van der Waals surface area contributed by atoms with E-state index in [4.69, 9.17) is 0 Å². The molecule has 0 bridgehead atoms. The molecule has 0 aromatic heterocycles. The summed E-state index contributed by atoms with van der Waals surface area (Å²) < 4.78 is 2.84. The molecule has 3 heteroatoms. The van der Waals surface area contributed by atoms with E-state index < -0.39 is 17.4 Å². The summed E-state index contributed by atoms with van der Waals surface area (Å²) in [6.45, 7) is 4.77. The minimum atomic E-state index is -1.66. The quantitative estimate of drug-likeness (QED) is 0.375. The summed E-state index contributed by atoms with van der Waals surface area (Å²) in [5.41, 5.74) is 6.00. The number of hydrogen-bond acceptors (Lipinski definition) is 0. The van der Waals surface area contributed by atoms with Gasteiger partial charge in [-0.3, -0.25) is 0 Å². The molecule has 0 heterocycles. The van der Waals surface area contributed by atoms with Crippen molar-refractivity contribution in [2.24, 2.45) is 0 Å². The monoisotopic (exact) mass is 490 g/mol. The van der Waals surface area contributed by atoms with Gasteiger partial charge in [0.25, 0.3) is 0 Å². The maximum absolute atomic E-state index is 2.52. The van der Waals surface area contributed by atoms with Crippen LogP contribution in [-0.2, 0) is 17.4 Å². The van der Waals surface area contributed by atoms with E-state index >= 15 is 0 Å². The Labute approximate surface area is 208 Å². The molecule has 0 N–H and O–H groups in total. The van der Waals surface area contributed by atoms with Gasteiger partial charge in [-0.25, -0.2) is 0 Å². The van der Waals surface area contributed by atoms with Crippen LogP contribution in [-0.4, -0.2) is 3.81 Å². The van der Waals surface area contributed by atoms with Crippen molar-refractivity contribution in [1.82, 2.24) is 0 Å². The van der Waals surface area contributed by atoms with Crippen LogP contribution < -0.4 is 24.8 Å². The summed E-state index contributed by atoms with van der Waals surface area (Å²) in [7, 11) is 0. The Morgan fingerprint density at radius 3 is 1.47 bits per heavy atom. The van der Waals surface area contributed by atoms with Gasteiger partial charge in [-0.15, -0.1) is 0 Å². The predicted octanol–water partition coefficient (Wildman–Crippen LogP) is 1.67. The van der Waals surface area contributed by atoms with Gasteiger partial charge in [0.05, 0.1) is 0 Å². The van der Waals surface area contributed by atoms with Crippen LogP contribution >= 0.6 is 0 Å². The second-order valence-corrected chi connectivity index (χ2v) is 13.6. The van der Waals surface area contributed by atoms with Crippen LogP contribution in [0.5, 0.6) is 0 Å². The fraction of sp³-hybridized carbons (Fsp3) is 0.138. The van der Waals surface area contributed by atoms with Gasteiger partial charge in [0.1, 0.15) is 0 Å². The molecular weight excluding hydrogens is 467 g/mol. The van der Waals surface area contributed by atoms with Crippen LogP contribution in [0.2, 0.25) is 0 Å². The van der Waals surface area contributed by atoms with Crippen LogP contribution in [0.15, 0.2) is 84.9 Å². The average Bonchev–Trinajstić information content (AvgIpc) is 3.39. The minimum absolute atomic E-state index is 0. The summed E-state index contributed by atoms with van der Waals surface area (Å²) in [5, 5.41) is 5.48. The third-order valence-electron chi connectivity index (χ3n) is 6.84. The van der Waals surface area contributed by atoms with Gasteiger partial charge in [0.2, 0.25) is 0 Å². The third kappa shape index (κ3) is 3.55. The molecule has 0 saturated carbocycles. The Morgan fingerprint density at radius 1 is 0.594 bits per heavy atom. The van der Waals surface area contributed by atoms with E-state index in [1.54, 1.807) is 14.9 Å². The molecule has 0 radical (unpaired) electrons. The second kappa shape index (κ2) is 9.12. The molecule has 4 aromatic carbocycles. The van der Waals surface area contributed by atoms with Crippen molar-refractivity contribution >= 4 is 37.5 Å². The van der Waals surface area contributed by atoms with Crippen molar-refractivity contribution < 1.29 is 42.2 Å². The number of allylic oxidation sites excluding steroid dienone is 2. The molecule has 2 atom stereocenters. The zero-order valence-corrected chi connectivity index (χ0v) is 21.2. The van der Waals surface area contributed by atoms with Gasteiger partial charge in [-0.2, -0.15) is 0 Å². The minimum Gasteiger partial charge on any atom is -1.00 e. The van der Waals surface area contributed by atoms with Crippen molar-refractivity contribution in [2.45, 2.75) is 22.3 Å². The van der Waals surface area contributed by atoms with Crippen LogP contribution in [0.25, 0.3) is 33.7 Å². The van der Waals surface area contributed by atoms with Gasteiger partial charge >= 0.3 is 184 Å². The Kier molecular flexibility index (Phi) is 6.62. The largest absolute Gasteiger partial charge is 1.00 e. The van der Waals surface area contributed by atoms with E-state index in [2.05, 4.69) is 111 Å². The predicted molar refractivity (Wildman–Crippen MR) is 128 cm³/mol. The molecule has 0 spiro atoms. The van der Waals surface area contributed by atoms with E-state index in [0.29, 0.717) is 8.45 Å².